The highest BCUT2D eigenvalue weighted by Crippen LogP contribution is 2.34. The first-order valence-electron chi connectivity index (χ1n) is 8.72. The van der Waals surface area contributed by atoms with E-state index in [9.17, 15) is 9.59 Å². The fourth-order valence-corrected chi connectivity index (χ4v) is 3.61. The van der Waals surface area contributed by atoms with E-state index in [1.165, 1.54) is 14.2 Å². The largest absolute Gasteiger partial charge is 0.341 e. The maximum atomic E-state index is 12.9. The van der Waals surface area contributed by atoms with Gasteiger partial charge in [-0.25, -0.2) is 5.06 Å². The zero-order valence-corrected chi connectivity index (χ0v) is 17.0. The Morgan fingerprint density at radius 1 is 1.27 bits per heavy atom. The van der Waals surface area contributed by atoms with Crippen molar-refractivity contribution in [1.82, 2.24) is 14.6 Å². The van der Waals surface area contributed by atoms with Crippen molar-refractivity contribution in [1.29, 1.82) is 0 Å². The summed E-state index contributed by atoms with van der Waals surface area (Å²) in [5.41, 5.74) is 1.13. The topological polar surface area (TPSA) is 64.4 Å². The summed E-state index contributed by atoms with van der Waals surface area (Å²) in [6.07, 6.45) is 4.08. The van der Waals surface area contributed by atoms with Crippen molar-refractivity contribution >= 4 is 16.8 Å². The Morgan fingerprint density at radius 3 is 2.42 bits per heavy atom. The number of fused-ring (bicyclic) bond motifs is 1. The first-order chi connectivity index (χ1) is 11.9. The van der Waals surface area contributed by atoms with E-state index in [0.29, 0.717) is 5.39 Å². The lowest BCUT2D eigenvalue weighted by molar-refractivity contribution is -0.0758. The van der Waals surface area contributed by atoms with Crippen molar-refractivity contribution in [2.75, 3.05) is 14.2 Å². The van der Waals surface area contributed by atoms with Crippen LogP contribution in [-0.2, 0) is 10.4 Å². The van der Waals surface area contributed by atoms with Crippen LogP contribution in [0, 0.1) is 12.3 Å². The molecule has 0 atom stereocenters. The Labute approximate surface area is 154 Å². The lowest BCUT2D eigenvalue weighted by Gasteiger charge is -2.36. The number of carbonyl (C=O) groups is 1. The van der Waals surface area contributed by atoms with Gasteiger partial charge in [-0.15, -0.1) is 0 Å². The molecule has 2 aromatic heterocycles. The van der Waals surface area contributed by atoms with E-state index in [-0.39, 0.29) is 21.9 Å². The maximum absolute atomic E-state index is 12.9. The van der Waals surface area contributed by atoms with Gasteiger partial charge in [0.15, 0.2) is 0 Å². The highest BCUT2D eigenvalue weighted by molar-refractivity contribution is 5.96. The second-order valence-corrected chi connectivity index (χ2v) is 8.62. The van der Waals surface area contributed by atoms with Crippen LogP contribution >= 0.6 is 0 Å². The van der Waals surface area contributed by atoms with Gasteiger partial charge in [0.1, 0.15) is 5.56 Å². The number of hydrogen-bond acceptors (Lipinski definition) is 4. The number of hydroxylamine groups is 2. The van der Waals surface area contributed by atoms with Gasteiger partial charge in [0.25, 0.3) is 5.91 Å². The van der Waals surface area contributed by atoms with Crippen LogP contribution in [0.5, 0.6) is 0 Å². The molecule has 2 aromatic rings. The molecule has 2 heterocycles. The third-order valence-corrected chi connectivity index (χ3v) is 4.43. The monoisotopic (exact) mass is 359 g/mol. The molecule has 2 rings (SSSR count). The van der Waals surface area contributed by atoms with Gasteiger partial charge in [0.2, 0.25) is 5.43 Å². The van der Waals surface area contributed by atoms with Crippen molar-refractivity contribution in [3.63, 3.8) is 0 Å². The molecule has 0 spiro atoms. The van der Waals surface area contributed by atoms with Crippen molar-refractivity contribution in [3.8, 4) is 0 Å². The molecule has 0 N–H and O–H groups in total. The Balaban J connectivity index is 2.83. The second-order valence-electron chi connectivity index (χ2n) is 8.62. The third-order valence-electron chi connectivity index (χ3n) is 4.43. The van der Waals surface area contributed by atoms with Crippen LogP contribution in [0.4, 0.5) is 0 Å². The zero-order chi connectivity index (χ0) is 19.9. The summed E-state index contributed by atoms with van der Waals surface area (Å²) in [5.74, 6) is -0.472. The van der Waals surface area contributed by atoms with Gasteiger partial charge < -0.3 is 4.57 Å². The SMILES string of the molecule is CON(C)C(=O)c1cn(C(C)(C)CC(C)(C)C)c2cc(C)ncc2c1=O. The van der Waals surface area contributed by atoms with Gasteiger partial charge in [0, 0.05) is 30.7 Å². The van der Waals surface area contributed by atoms with Crippen LogP contribution in [0.2, 0.25) is 0 Å². The molecule has 142 valence electrons. The van der Waals surface area contributed by atoms with Gasteiger partial charge in [-0.05, 0) is 38.7 Å². The Bertz CT molecular complexity index is 892. The third kappa shape index (κ3) is 3.96. The average Bonchev–Trinajstić information content (AvgIpc) is 2.51. The summed E-state index contributed by atoms with van der Waals surface area (Å²) < 4.78 is 2.03. The van der Waals surface area contributed by atoms with Gasteiger partial charge in [-0.2, -0.15) is 0 Å². The van der Waals surface area contributed by atoms with Crippen LogP contribution < -0.4 is 5.43 Å². The van der Waals surface area contributed by atoms with Gasteiger partial charge in [-0.3, -0.25) is 19.4 Å². The summed E-state index contributed by atoms with van der Waals surface area (Å²) >= 11 is 0. The molecule has 0 aliphatic heterocycles. The van der Waals surface area contributed by atoms with Crippen LogP contribution in [0.3, 0.4) is 0 Å². The lowest BCUT2D eigenvalue weighted by atomic mass is 9.81. The molecule has 0 unspecified atom stereocenters. The van der Waals surface area contributed by atoms with Crippen LogP contribution in [-0.4, -0.2) is 34.7 Å². The van der Waals surface area contributed by atoms with E-state index < -0.39 is 5.91 Å². The zero-order valence-electron chi connectivity index (χ0n) is 17.0. The molecule has 6 nitrogen and oxygen atoms in total. The molecule has 0 fully saturated rings. The lowest BCUT2D eigenvalue weighted by Crippen LogP contribution is -2.36. The number of rotatable bonds is 4. The fraction of sp³-hybridized carbons (Fsp3) is 0.550. The van der Waals surface area contributed by atoms with Gasteiger partial charge in [0.05, 0.1) is 18.0 Å². The molecule has 0 aromatic carbocycles. The van der Waals surface area contributed by atoms with Crippen molar-refractivity contribution in [2.45, 2.75) is 53.5 Å². The van der Waals surface area contributed by atoms with Crippen molar-refractivity contribution in [3.05, 3.63) is 39.9 Å². The molecular formula is C20H29N3O3. The summed E-state index contributed by atoms with van der Waals surface area (Å²) in [7, 11) is 2.88. The Hall–Kier alpha value is -2.21. The van der Waals surface area contributed by atoms with Crippen LogP contribution in [0.15, 0.2) is 23.3 Å². The predicted octanol–water partition coefficient (Wildman–Crippen LogP) is 3.51. The molecule has 0 saturated carbocycles. The number of nitrogens with zero attached hydrogens (tertiary/aromatic N) is 3. The normalized spacial score (nSPS) is 12.5. The standard InChI is InChI=1S/C20H29N3O3/c1-13-9-16-14(10-21-13)17(24)15(18(25)22(7)26-8)11-23(16)20(5,6)12-19(2,3)4/h9-11H,12H2,1-8H3. The molecule has 1 amide bonds. The molecule has 0 radical (unpaired) electrons. The number of hydrogen-bond donors (Lipinski definition) is 0. The Kier molecular flexibility index (Phi) is 5.29. The quantitative estimate of drug-likeness (QED) is 0.784. The molecule has 26 heavy (non-hydrogen) atoms. The minimum atomic E-state index is -0.472. The number of amides is 1. The van der Waals surface area contributed by atoms with E-state index in [1.54, 1.807) is 12.4 Å². The van der Waals surface area contributed by atoms with Crippen LogP contribution in [0.1, 0.15) is 57.1 Å². The molecule has 6 heteroatoms. The predicted molar refractivity (Wildman–Crippen MR) is 103 cm³/mol. The Morgan fingerprint density at radius 2 is 1.88 bits per heavy atom. The molecule has 0 bridgehead atoms. The number of aryl methyl sites for hydroxylation is 1. The first-order valence-corrected chi connectivity index (χ1v) is 8.72. The van der Waals surface area contributed by atoms with Crippen molar-refractivity contribution < 1.29 is 9.63 Å². The average molecular weight is 359 g/mol. The smallest absolute Gasteiger partial charge is 0.282 e. The van der Waals surface area contributed by atoms with E-state index in [0.717, 1.165) is 22.7 Å². The first kappa shape index (κ1) is 20.1. The molecule has 0 saturated heterocycles. The molecule has 0 aliphatic carbocycles. The highest BCUT2D eigenvalue weighted by atomic mass is 16.7. The summed E-state index contributed by atoms with van der Waals surface area (Å²) in [6.45, 7) is 12.7. The minimum absolute atomic E-state index is 0.0779. The number of aromatic nitrogens is 2. The summed E-state index contributed by atoms with van der Waals surface area (Å²) in [6, 6.07) is 1.90. The van der Waals surface area contributed by atoms with Gasteiger partial charge >= 0.3 is 0 Å². The summed E-state index contributed by atoms with van der Waals surface area (Å²) in [5, 5.41) is 1.50. The second kappa shape index (κ2) is 6.83. The maximum Gasteiger partial charge on any atom is 0.282 e. The fourth-order valence-electron chi connectivity index (χ4n) is 3.61. The number of carbonyl (C=O) groups excluding carboxylic acids is 1. The van der Waals surface area contributed by atoms with E-state index in [1.807, 2.05) is 17.6 Å². The highest BCUT2D eigenvalue weighted by Gasteiger charge is 2.30. The van der Waals surface area contributed by atoms with E-state index in [2.05, 4.69) is 39.6 Å². The van der Waals surface area contributed by atoms with E-state index in [4.69, 9.17) is 4.84 Å². The number of pyridine rings is 2. The minimum Gasteiger partial charge on any atom is -0.341 e. The summed E-state index contributed by atoms with van der Waals surface area (Å²) in [4.78, 5) is 34.8. The van der Waals surface area contributed by atoms with Crippen molar-refractivity contribution in [2.24, 2.45) is 5.41 Å². The van der Waals surface area contributed by atoms with Gasteiger partial charge in [-0.1, -0.05) is 20.8 Å². The van der Waals surface area contributed by atoms with Crippen LogP contribution in [0.25, 0.3) is 10.9 Å². The molecular weight excluding hydrogens is 330 g/mol. The molecule has 0 aliphatic rings. The van der Waals surface area contributed by atoms with E-state index >= 15 is 0 Å².